The summed E-state index contributed by atoms with van der Waals surface area (Å²) in [6, 6.07) is 14.8. The number of carbonyl (C=O) groups is 1. The molecule has 0 saturated carbocycles. The first-order valence-electron chi connectivity index (χ1n) is 9.48. The number of likely N-dealkylation sites (tertiary alicyclic amines) is 1. The third-order valence-corrected chi connectivity index (χ3v) is 6.73. The van der Waals surface area contributed by atoms with E-state index in [2.05, 4.69) is 12.1 Å². The first-order valence-corrected chi connectivity index (χ1v) is 12.1. The van der Waals surface area contributed by atoms with Crippen LogP contribution in [0.2, 0.25) is 10.0 Å². The lowest BCUT2D eigenvalue weighted by molar-refractivity contribution is -0.130. The number of amides is 1. The van der Waals surface area contributed by atoms with E-state index >= 15 is 0 Å². The molecular weight excluding hydrogens is 431 g/mol. The molecule has 0 radical (unpaired) electrons. The molecule has 0 N–H and O–H groups in total. The number of benzene rings is 2. The summed E-state index contributed by atoms with van der Waals surface area (Å²) in [6.07, 6.45) is 3.88. The molecule has 1 fully saturated rings. The van der Waals surface area contributed by atoms with Gasteiger partial charge in [-0.2, -0.15) is 0 Å². The van der Waals surface area contributed by atoms with Gasteiger partial charge in [0.05, 0.1) is 11.9 Å². The molecule has 0 aliphatic carbocycles. The van der Waals surface area contributed by atoms with Gasteiger partial charge in [-0.15, -0.1) is 0 Å². The highest BCUT2D eigenvalue weighted by Gasteiger charge is 2.27. The van der Waals surface area contributed by atoms with E-state index in [0.717, 1.165) is 29.8 Å². The zero-order valence-electron chi connectivity index (χ0n) is 16.2. The number of nitrogens with zero attached hydrogens (tertiary/aromatic N) is 2. The SMILES string of the molecule is CS(=O)(=O)N(CC(=O)N1CCC(Cc2ccccc2)CC1)c1cc(Cl)cc(Cl)c1. The second-order valence-electron chi connectivity index (χ2n) is 7.41. The zero-order chi connectivity index (χ0) is 21.0. The maximum atomic E-state index is 12.8. The van der Waals surface area contributed by atoms with Crippen molar-refractivity contribution in [2.75, 3.05) is 30.2 Å². The Morgan fingerprint density at radius 1 is 1.07 bits per heavy atom. The minimum atomic E-state index is -3.67. The van der Waals surface area contributed by atoms with Crippen molar-refractivity contribution in [3.8, 4) is 0 Å². The lowest BCUT2D eigenvalue weighted by Crippen LogP contribution is -2.46. The van der Waals surface area contributed by atoms with Crippen LogP contribution in [-0.2, 0) is 21.2 Å². The Balaban J connectivity index is 1.63. The Morgan fingerprint density at radius 3 is 2.21 bits per heavy atom. The predicted octanol–water partition coefficient (Wildman–Crippen LogP) is 4.24. The predicted molar refractivity (Wildman–Crippen MR) is 118 cm³/mol. The molecule has 2 aromatic carbocycles. The molecular formula is C21H24Cl2N2O3S. The summed E-state index contributed by atoms with van der Waals surface area (Å²) in [5.74, 6) is 0.309. The van der Waals surface area contributed by atoms with E-state index in [1.807, 2.05) is 18.2 Å². The van der Waals surface area contributed by atoms with E-state index in [0.29, 0.717) is 29.1 Å². The molecule has 1 amide bonds. The third kappa shape index (κ3) is 6.11. The van der Waals surface area contributed by atoms with Crippen molar-refractivity contribution < 1.29 is 13.2 Å². The van der Waals surface area contributed by atoms with Crippen molar-refractivity contribution in [1.82, 2.24) is 4.90 Å². The summed E-state index contributed by atoms with van der Waals surface area (Å²) in [4.78, 5) is 14.6. The van der Waals surface area contributed by atoms with Crippen LogP contribution in [0.1, 0.15) is 18.4 Å². The van der Waals surface area contributed by atoms with Gasteiger partial charge in [0.1, 0.15) is 6.54 Å². The number of rotatable bonds is 6. The smallest absolute Gasteiger partial charge is 0.243 e. The van der Waals surface area contributed by atoms with E-state index in [1.54, 1.807) is 4.90 Å². The molecule has 0 atom stereocenters. The second kappa shape index (κ2) is 9.37. The number of hydrogen-bond acceptors (Lipinski definition) is 3. The van der Waals surface area contributed by atoms with Gasteiger partial charge in [-0.1, -0.05) is 53.5 Å². The van der Waals surface area contributed by atoms with Crippen LogP contribution in [0.5, 0.6) is 0 Å². The van der Waals surface area contributed by atoms with Crippen molar-refractivity contribution in [2.45, 2.75) is 19.3 Å². The lowest BCUT2D eigenvalue weighted by Gasteiger charge is -2.33. The van der Waals surface area contributed by atoms with E-state index in [9.17, 15) is 13.2 Å². The molecule has 1 heterocycles. The van der Waals surface area contributed by atoms with Crippen LogP contribution in [0.3, 0.4) is 0 Å². The molecule has 1 aliphatic heterocycles. The molecule has 156 valence electrons. The molecule has 29 heavy (non-hydrogen) atoms. The van der Waals surface area contributed by atoms with E-state index in [1.165, 1.54) is 23.8 Å². The average molecular weight is 455 g/mol. The van der Waals surface area contributed by atoms with Gasteiger partial charge >= 0.3 is 0 Å². The molecule has 0 unspecified atom stereocenters. The van der Waals surface area contributed by atoms with Gasteiger partial charge in [0, 0.05) is 23.1 Å². The maximum absolute atomic E-state index is 12.8. The highest BCUT2D eigenvalue weighted by molar-refractivity contribution is 7.92. The van der Waals surface area contributed by atoms with Crippen LogP contribution in [0.25, 0.3) is 0 Å². The summed E-state index contributed by atoms with van der Waals surface area (Å²) in [5, 5.41) is 0.630. The maximum Gasteiger partial charge on any atom is 0.243 e. The van der Waals surface area contributed by atoms with Gasteiger partial charge in [-0.3, -0.25) is 9.10 Å². The molecule has 1 saturated heterocycles. The Kier molecular flexibility index (Phi) is 7.09. The molecule has 1 aliphatic rings. The highest BCUT2D eigenvalue weighted by atomic mass is 35.5. The Morgan fingerprint density at radius 2 is 1.66 bits per heavy atom. The number of piperidine rings is 1. The topological polar surface area (TPSA) is 57.7 Å². The summed E-state index contributed by atoms with van der Waals surface area (Å²) in [7, 11) is -3.67. The van der Waals surface area contributed by atoms with Crippen molar-refractivity contribution >= 4 is 44.8 Å². The van der Waals surface area contributed by atoms with Gasteiger partial charge in [0.25, 0.3) is 0 Å². The summed E-state index contributed by atoms with van der Waals surface area (Å²) >= 11 is 12.0. The molecule has 2 aromatic rings. The largest absolute Gasteiger partial charge is 0.341 e. The fourth-order valence-electron chi connectivity index (χ4n) is 3.64. The molecule has 0 spiro atoms. The monoisotopic (exact) mass is 454 g/mol. The van der Waals surface area contributed by atoms with E-state index in [4.69, 9.17) is 23.2 Å². The first-order chi connectivity index (χ1) is 13.7. The van der Waals surface area contributed by atoms with Crippen LogP contribution < -0.4 is 4.31 Å². The summed E-state index contributed by atoms with van der Waals surface area (Å²) in [5.41, 5.74) is 1.59. The standard InChI is InChI=1S/C21H24Cl2N2O3S/c1-29(27,28)25(20-13-18(22)12-19(23)14-20)15-21(26)24-9-7-17(8-10-24)11-16-5-3-2-4-6-16/h2-6,12-14,17H,7-11,15H2,1H3. The quantitative estimate of drug-likeness (QED) is 0.655. The third-order valence-electron chi connectivity index (χ3n) is 5.15. The van der Waals surface area contributed by atoms with Crippen LogP contribution in [-0.4, -0.2) is 45.1 Å². The zero-order valence-corrected chi connectivity index (χ0v) is 18.6. The highest BCUT2D eigenvalue weighted by Crippen LogP contribution is 2.28. The normalized spacial score (nSPS) is 15.3. The lowest BCUT2D eigenvalue weighted by atomic mass is 9.90. The first kappa shape index (κ1) is 21.9. The Labute approximate surface area is 182 Å². The average Bonchev–Trinajstić information content (AvgIpc) is 2.65. The Bertz CT molecular complexity index is 939. The van der Waals surface area contributed by atoms with Crippen LogP contribution >= 0.6 is 23.2 Å². The minimum absolute atomic E-state index is 0.218. The molecule has 0 aromatic heterocycles. The molecule has 8 heteroatoms. The molecule has 0 bridgehead atoms. The fourth-order valence-corrected chi connectivity index (χ4v) is 4.99. The molecule has 5 nitrogen and oxygen atoms in total. The van der Waals surface area contributed by atoms with Crippen molar-refractivity contribution in [3.63, 3.8) is 0 Å². The van der Waals surface area contributed by atoms with Gasteiger partial charge in [0.15, 0.2) is 0 Å². The number of sulfonamides is 1. The number of carbonyl (C=O) groups excluding carboxylic acids is 1. The molecule has 3 rings (SSSR count). The fraction of sp³-hybridized carbons (Fsp3) is 0.381. The van der Waals surface area contributed by atoms with Gasteiger partial charge < -0.3 is 4.90 Å². The van der Waals surface area contributed by atoms with Crippen LogP contribution in [0.4, 0.5) is 5.69 Å². The Hall–Kier alpha value is -1.76. The minimum Gasteiger partial charge on any atom is -0.341 e. The van der Waals surface area contributed by atoms with Gasteiger partial charge in [-0.25, -0.2) is 8.42 Å². The summed E-state index contributed by atoms with van der Waals surface area (Å²) < 4.78 is 25.7. The van der Waals surface area contributed by atoms with Crippen LogP contribution in [0.15, 0.2) is 48.5 Å². The van der Waals surface area contributed by atoms with Crippen molar-refractivity contribution in [3.05, 3.63) is 64.1 Å². The van der Waals surface area contributed by atoms with Crippen LogP contribution in [0, 0.1) is 5.92 Å². The number of halogens is 2. The second-order valence-corrected chi connectivity index (χ2v) is 10.2. The van der Waals surface area contributed by atoms with E-state index in [-0.39, 0.29) is 18.1 Å². The summed E-state index contributed by atoms with van der Waals surface area (Å²) in [6.45, 7) is 0.993. The number of anilines is 1. The van der Waals surface area contributed by atoms with Crippen molar-refractivity contribution in [1.29, 1.82) is 0 Å². The van der Waals surface area contributed by atoms with Gasteiger partial charge in [-0.05, 0) is 48.9 Å². The van der Waals surface area contributed by atoms with Gasteiger partial charge in [0.2, 0.25) is 15.9 Å². The van der Waals surface area contributed by atoms with E-state index < -0.39 is 10.0 Å². The van der Waals surface area contributed by atoms with Crippen molar-refractivity contribution in [2.24, 2.45) is 5.92 Å². The number of hydrogen-bond donors (Lipinski definition) is 0.